The number of aromatic amines is 1. The summed E-state index contributed by atoms with van der Waals surface area (Å²) < 4.78 is 2.45. The standard InChI is InChI=1S/C23H18N2/c1-23(2)20-13-14-7-3-6-10-18(14)25(20)19-12-11-17-21(22(19)23)15-8-4-5-9-16(15)24-17/h3-13,24H,1-2H3. The van der Waals surface area contributed by atoms with Gasteiger partial charge in [-0.25, -0.2) is 0 Å². The molecule has 6 rings (SSSR count). The van der Waals surface area contributed by atoms with Gasteiger partial charge >= 0.3 is 0 Å². The van der Waals surface area contributed by atoms with Crippen molar-refractivity contribution in [2.45, 2.75) is 19.3 Å². The van der Waals surface area contributed by atoms with E-state index < -0.39 is 0 Å². The molecule has 3 aromatic carbocycles. The van der Waals surface area contributed by atoms with Crippen LogP contribution in [-0.2, 0) is 5.41 Å². The molecule has 5 aromatic rings. The van der Waals surface area contributed by atoms with E-state index in [1.807, 2.05) is 0 Å². The lowest BCUT2D eigenvalue weighted by Crippen LogP contribution is -2.15. The van der Waals surface area contributed by atoms with E-state index in [0.717, 1.165) is 0 Å². The topological polar surface area (TPSA) is 20.7 Å². The first-order valence-corrected chi connectivity index (χ1v) is 8.81. The smallest absolute Gasteiger partial charge is 0.0531 e. The minimum absolute atomic E-state index is 0.0289. The number of fused-ring (bicyclic) bond motifs is 9. The number of aromatic nitrogens is 2. The summed E-state index contributed by atoms with van der Waals surface area (Å²) in [6.07, 6.45) is 0. The number of benzene rings is 3. The highest BCUT2D eigenvalue weighted by Crippen LogP contribution is 2.49. The highest BCUT2D eigenvalue weighted by molar-refractivity contribution is 6.11. The Hall–Kier alpha value is -3.00. The molecule has 1 aliphatic heterocycles. The van der Waals surface area contributed by atoms with Crippen LogP contribution in [0.15, 0.2) is 66.7 Å². The van der Waals surface area contributed by atoms with Crippen molar-refractivity contribution in [2.24, 2.45) is 0 Å². The first kappa shape index (κ1) is 13.3. The van der Waals surface area contributed by atoms with Gasteiger partial charge in [0.15, 0.2) is 0 Å². The molecule has 120 valence electrons. The van der Waals surface area contributed by atoms with E-state index in [0.29, 0.717) is 0 Å². The van der Waals surface area contributed by atoms with Gasteiger partial charge in [-0.05, 0) is 35.9 Å². The fourth-order valence-corrected chi connectivity index (χ4v) is 4.75. The van der Waals surface area contributed by atoms with Crippen molar-refractivity contribution >= 4 is 32.7 Å². The molecule has 0 saturated carbocycles. The molecule has 3 heterocycles. The number of H-pyrrole nitrogens is 1. The second-order valence-electron chi connectivity index (χ2n) is 7.60. The van der Waals surface area contributed by atoms with Crippen LogP contribution < -0.4 is 0 Å². The van der Waals surface area contributed by atoms with Crippen LogP contribution >= 0.6 is 0 Å². The van der Waals surface area contributed by atoms with Crippen molar-refractivity contribution in [3.63, 3.8) is 0 Å². The molecule has 2 nitrogen and oxygen atoms in total. The van der Waals surface area contributed by atoms with Crippen molar-refractivity contribution in [2.75, 3.05) is 0 Å². The lowest BCUT2D eigenvalue weighted by molar-refractivity contribution is 0.650. The average Bonchev–Trinajstić information content (AvgIpc) is 3.24. The fraction of sp³-hybridized carbons (Fsp3) is 0.130. The molecule has 0 amide bonds. The second kappa shape index (κ2) is 4.15. The van der Waals surface area contributed by atoms with Crippen molar-refractivity contribution < 1.29 is 0 Å². The molecule has 2 aromatic heterocycles. The maximum Gasteiger partial charge on any atom is 0.0531 e. The molecule has 1 N–H and O–H groups in total. The molecule has 0 radical (unpaired) electrons. The average molecular weight is 322 g/mol. The molecule has 0 unspecified atom stereocenters. The van der Waals surface area contributed by atoms with E-state index in [1.54, 1.807) is 0 Å². The van der Waals surface area contributed by atoms with Crippen molar-refractivity contribution in [1.82, 2.24) is 9.55 Å². The molecule has 0 saturated heterocycles. The third-order valence-electron chi connectivity index (χ3n) is 5.87. The summed E-state index contributed by atoms with van der Waals surface area (Å²) in [5, 5.41) is 4.00. The highest BCUT2D eigenvalue weighted by Gasteiger charge is 2.39. The Balaban J connectivity index is 1.85. The summed E-state index contributed by atoms with van der Waals surface area (Å²) in [6, 6.07) is 24.2. The van der Waals surface area contributed by atoms with Gasteiger partial charge in [0.2, 0.25) is 0 Å². The molecule has 1 aliphatic rings. The third-order valence-corrected chi connectivity index (χ3v) is 5.87. The summed E-state index contributed by atoms with van der Waals surface area (Å²) >= 11 is 0. The van der Waals surface area contributed by atoms with Gasteiger partial charge in [-0.15, -0.1) is 0 Å². The van der Waals surface area contributed by atoms with Crippen LogP contribution in [0.5, 0.6) is 0 Å². The van der Waals surface area contributed by atoms with E-state index in [9.17, 15) is 0 Å². The van der Waals surface area contributed by atoms with Gasteiger partial charge in [0, 0.05) is 38.3 Å². The molecule has 2 heteroatoms. The summed E-state index contributed by atoms with van der Waals surface area (Å²) in [7, 11) is 0. The van der Waals surface area contributed by atoms with Gasteiger partial charge in [-0.1, -0.05) is 50.2 Å². The lowest BCUT2D eigenvalue weighted by atomic mass is 9.81. The van der Waals surface area contributed by atoms with Crippen molar-refractivity contribution in [1.29, 1.82) is 0 Å². The van der Waals surface area contributed by atoms with E-state index in [-0.39, 0.29) is 5.41 Å². The molecule has 0 bridgehead atoms. The summed E-state index contributed by atoms with van der Waals surface area (Å²) in [5.74, 6) is 0. The van der Waals surface area contributed by atoms with Gasteiger partial charge in [0.05, 0.1) is 11.2 Å². The second-order valence-corrected chi connectivity index (χ2v) is 7.60. The van der Waals surface area contributed by atoms with Gasteiger partial charge in [-0.3, -0.25) is 0 Å². The van der Waals surface area contributed by atoms with Crippen LogP contribution in [0.2, 0.25) is 0 Å². The Kier molecular flexibility index (Phi) is 2.21. The lowest BCUT2D eigenvalue weighted by Gasteiger charge is -2.20. The van der Waals surface area contributed by atoms with Gasteiger partial charge < -0.3 is 9.55 Å². The maximum atomic E-state index is 3.59. The number of nitrogens with one attached hydrogen (secondary N) is 1. The van der Waals surface area contributed by atoms with E-state index >= 15 is 0 Å². The fourth-order valence-electron chi connectivity index (χ4n) is 4.75. The summed E-state index contributed by atoms with van der Waals surface area (Å²) in [6.45, 7) is 4.70. The van der Waals surface area contributed by atoms with E-state index in [4.69, 9.17) is 0 Å². The van der Waals surface area contributed by atoms with Gasteiger partial charge in [-0.2, -0.15) is 0 Å². The van der Waals surface area contributed by atoms with E-state index in [1.165, 1.54) is 49.7 Å². The zero-order valence-corrected chi connectivity index (χ0v) is 14.3. The Morgan fingerprint density at radius 2 is 1.64 bits per heavy atom. The Morgan fingerprint density at radius 1 is 0.840 bits per heavy atom. The molecular weight excluding hydrogens is 304 g/mol. The zero-order chi connectivity index (χ0) is 16.8. The molecular formula is C23H18N2. The molecule has 0 spiro atoms. The number of hydrogen-bond acceptors (Lipinski definition) is 0. The van der Waals surface area contributed by atoms with Gasteiger partial charge in [0.1, 0.15) is 0 Å². The van der Waals surface area contributed by atoms with Crippen LogP contribution in [0.25, 0.3) is 38.4 Å². The Bertz CT molecular complexity index is 1310. The minimum Gasteiger partial charge on any atom is -0.354 e. The molecule has 0 atom stereocenters. The number of nitrogens with zero attached hydrogens (tertiary/aromatic N) is 1. The van der Waals surface area contributed by atoms with Crippen molar-refractivity contribution in [3.8, 4) is 5.69 Å². The predicted molar refractivity (Wildman–Crippen MR) is 105 cm³/mol. The summed E-state index contributed by atoms with van der Waals surface area (Å²) in [4.78, 5) is 3.59. The van der Waals surface area contributed by atoms with Crippen LogP contribution in [0, 0.1) is 0 Å². The monoisotopic (exact) mass is 322 g/mol. The molecule has 25 heavy (non-hydrogen) atoms. The quantitative estimate of drug-likeness (QED) is 0.366. The van der Waals surface area contributed by atoms with Crippen LogP contribution in [0.4, 0.5) is 0 Å². The minimum atomic E-state index is -0.0289. The SMILES string of the molecule is CC1(C)c2c(ccc3[nH]c4ccccc4c23)-n2c1cc1ccccc12. The van der Waals surface area contributed by atoms with Crippen LogP contribution in [0.3, 0.4) is 0 Å². The van der Waals surface area contributed by atoms with Gasteiger partial charge in [0.25, 0.3) is 0 Å². The molecule has 0 fully saturated rings. The van der Waals surface area contributed by atoms with Crippen LogP contribution in [0.1, 0.15) is 25.1 Å². The number of para-hydroxylation sites is 2. The normalized spacial score (nSPS) is 15.1. The number of rotatable bonds is 0. The summed E-state index contributed by atoms with van der Waals surface area (Å²) in [5.41, 5.74) is 7.83. The third kappa shape index (κ3) is 1.46. The predicted octanol–water partition coefficient (Wildman–Crippen LogP) is 5.90. The molecule has 0 aliphatic carbocycles. The number of hydrogen-bond donors (Lipinski definition) is 1. The first-order chi connectivity index (χ1) is 12.2. The Labute approximate surface area is 145 Å². The highest BCUT2D eigenvalue weighted by atomic mass is 15.0. The zero-order valence-electron chi connectivity index (χ0n) is 14.3. The Morgan fingerprint density at radius 3 is 2.56 bits per heavy atom. The largest absolute Gasteiger partial charge is 0.354 e. The van der Waals surface area contributed by atoms with E-state index in [2.05, 4.69) is 90.1 Å². The first-order valence-electron chi connectivity index (χ1n) is 8.81. The van der Waals surface area contributed by atoms with Crippen LogP contribution in [-0.4, -0.2) is 9.55 Å². The van der Waals surface area contributed by atoms with Crippen molar-refractivity contribution in [3.05, 3.63) is 78.0 Å². The maximum absolute atomic E-state index is 3.59.